The van der Waals surface area contributed by atoms with E-state index in [2.05, 4.69) is 23.8 Å². The Kier molecular flexibility index (Phi) is 29.3. The lowest BCUT2D eigenvalue weighted by Crippen LogP contribution is -2.11. The highest BCUT2D eigenvalue weighted by atomic mass is 16.6. The highest BCUT2D eigenvalue weighted by Gasteiger charge is 2.17. The first-order valence-corrected chi connectivity index (χ1v) is 33.6. The number of benzene rings is 8. The van der Waals surface area contributed by atoms with Crippen molar-refractivity contribution in [3.8, 4) is 34.5 Å². The van der Waals surface area contributed by atoms with Crippen LogP contribution in [0.5, 0.6) is 34.5 Å². The topological polar surface area (TPSA) is 148 Å². The van der Waals surface area contributed by atoms with Gasteiger partial charge in [0.25, 0.3) is 0 Å². The minimum atomic E-state index is -0.597. The predicted octanol–water partition coefficient (Wildman–Crippen LogP) is 21.4. The summed E-state index contributed by atoms with van der Waals surface area (Å²) in [5.41, 5.74) is 4.24. The fourth-order valence-corrected chi connectivity index (χ4v) is 10.6. The number of hydrogen-bond donors (Lipinski definition) is 0. The SMILES string of the molecule is CCCCCCCCCCCCCCOc1ccc(C(=O)Oc2ccc(N=Cc3ccc(C(=O)Oc4cc(OC(=O)c5ccc(C=Nc6ccc(OC(=O)c7ccc(OCCCCCCCCCCCCCC)cc7)cc6)cc5)c5ccccc5c4)cc3)cc2)cc1. The van der Waals surface area contributed by atoms with E-state index in [-0.39, 0.29) is 11.5 Å². The summed E-state index contributed by atoms with van der Waals surface area (Å²) in [6.45, 7) is 5.83. The van der Waals surface area contributed by atoms with Gasteiger partial charge in [-0.05, 0) is 157 Å². The summed E-state index contributed by atoms with van der Waals surface area (Å²) in [7, 11) is 0. The molecular weight excluding hydrogens is 1150 g/mol. The lowest BCUT2D eigenvalue weighted by Gasteiger charge is -2.11. The Labute approximate surface area is 544 Å². The summed E-state index contributed by atoms with van der Waals surface area (Å²) in [5, 5.41) is 1.37. The van der Waals surface area contributed by atoms with Crippen LogP contribution in [0.3, 0.4) is 0 Å². The fraction of sp³-hybridized carbons (Fsp3) is 0.350. The maximum absolute atomic E-state index is 13.6. The molecule has 0 heterocycles. The van der Waals surface area contributed by atoms with Crippen LogP contribution in [0.4, 0.5) is 11.4 Å². The van der Waals surface area contributed by atoms with Crippen molar-refractivity contribution in [2.24, 2.45) is 9.98 Å². The molecule has 0 aromatic heterocycles. The van der Waals surface area contributed by atoms with Crippen molar-refractivity contribution in [3.63, 3.8) is 0 Å². The van der Waals surface area contributed by atoms with E-state index in [0.717, 1.165) is 48.3 Å². The number of nitrogens with zero attached hydrogens (tertiary/aromatic N) is 2. The lowest BCUT2D eigenvalue weighted by molar-refractivity contribution is 0.0719. The van der Waals surface area contributed by atoms with Crippen LogP contribution >= 0.6 is 0 Å². The molecule has 0 aliphatic heterocycles. The second-order valence-corrected chi connectivity index (χ2v) is 23.5. The average molecular weight is 1240 g/mol. The molecule has 0 N–H and O–H groups in total. The monoisotopic (exact) mass is 1240 g/mol. The second-order valence-electron chi connectivity index (χ2n) is 23.5. The summed E-state index contributed by atoms with van der Waals surface area (Å²) in [6, 6.07) is 52.1. The summed E-state index contributed by atoms with van der Waals surface area (Å²) >= 11 is 0. The van der Waals surface area contributed by atoms with Gasteiger partial charge in [0, 0.05) is 23.9 Å². The molecule has 0 saturated carbocycles. The zero-order valence-corrected chi connectivity index (χ0v) is 53.8. The zero-order valence-electron chi connectivity index (χ0n) is 53.8. The van der Waals surface area contributed by atoms with Gasteiger partial charge in [-0.15, -0.1) is 0 Å². The van der Waals surface area contributed by atoms with E-state index < -0.39 is 23.9 Å². The number of carbonyl (C=O) groups is 4. The van der Waals surface area contributed by atoms with Crippen molar-refractivity contribution in [1.82, 2.24) is 0 Å². The number of hydrogen-bond acceptors (Lipinski definition) is 12. The van der Waals surface area contributed by atoms with Crippen LogP contribution in [0.2, 0.25) is 0 Å². The fourth-order valence-electron chi connectivity index (χ4n) is 10.6. The third kappa shape index (κ3) is 24.2. The molecule has 12 nitrogen and oxygen atoms in total. The quantitative estimate of drug-likeness (QED) is 0.0157. The van der Waals surface area contributed by atoms with Crippen molar-refractivity contribution in [1.29, 1.82) is 0 Å². The standard InChI is InChI=1S/C80H90N2O10/c1-3-5-7-9-11-13-15-17-19-21-23-27-55-87-70-47-39-65(40-48-70)77(83)89-72-51-43-68(44-52-72)81-59-61-31-35-63(36-32-61)79(85)91-74-57-67-29-25-26-30-75(67)76(58-74)92-80(86)64-37-33-62(34-38-64)60-82-69-45-53-73(54-46-69)90-78(84)66-41-49-71(50-42-66)88-56-28-24-22-20-18-16-14-12-10-8-6-4-2/h25-26,29-54,57-60H,3-24,27-28,55-56H2,1-2H3. The predicted molar refractivity (Wildman–Crippen MR) is 370 cm³/mol. The minimum Gasteiger partial charge on any atom is -0.494 e. The minimum absolute atomic E-state index is 0.201. The Morgan fingerprint density at radius 3 is 1.01 bits per heavy atom. The molecule has 0 aliphatic rings. The number of unbranched alkanes of at least 4 members (excludes halogenated alkanes) is 22. The van der Waals surface area contributed by atoms with Crippen molar-refractivity contribution in [2.75, 3.05) is 13.2 Å². The molecular formula is C80H90N2O10. The van der Waals surface area contributed by atoms with Gasteiger partial charge >= 0.3 is 23.9 Å². The molecule has 8 aromatic rings. The molecule has 0 radical (unpaired) electrons. The van der Waals surface area contributed by atoms with Crippen LogP contribution in [0.15, 0.2) is 192 Å². The number of fused-ring (bicyclic) bond motifs is 1. The largest absolute Gasteiger partial charge is 0.494 e. The van der Waals surface area contributed by atoms with Crippen molar-refractivity contribution < 1.29 is 47.6 Å². The molecule has 8 aromatic carbocycles. The van der Waals surface area contributed by atoms with Crippen molar-refractivity contribution in [3.05, 3.63) is 215 Å². The van der Waals surface area contributed by atoms with Crippen molar-refractivity contribution >= 4 is 58.5 Å². The Hall–Kier alpha value is -9.16. The van der Waals surface area contributed by atoms with Crippen LogP contribution in [0.1, 0.15) is 221 Å². The zero-order chi connectivity index (χ0) is 64.2. The Balaban J connectivity index is 0.728. The second kappa shape index (κ2) is 39.2. The van der Waals surface area contributed by atoms with E-state index in [9.17, 15) is 19.2 Å². The smallest absolute Gasteiger partial charge is 0.343 e. The molecule has 0 atom stereocenters. The first-order chi connectivity index (χ1) is 45.2. The molecule has 0 fully saturated rings. The molecule has 0 spiro atoms. The van der Waals surface area contributed by atoms with Crippen LogP contribution in [-0.4, -0.2) is 49.5 Å². The van der Waals surface area contributed by atoms with E-state index in [0.29, 0.717) is 69.1 Å². The maximum atomic E-state index is 13.6. The molecule has 8 rings (SSSR count). The van der Waals surface area contributed by atoms with E-state index in [1.807, 2.05) is 24.3 Å². The van der Waals surface area contributed by atoms with Crippen LogP contribution in [-0.2, 0) is 0 Å². The first-order valence-electron chi connectivity index (χ1n) is 33.6. The van der Waals surface area contributed by atoms with Gasteiger partial charge in [-0.2, -0.15) is 0 Å². The third-order valence-corrected chi connectivity index (χ3v) is 16.0. The molecule has 0 saturated heterocycles. The van der Waals surface area contributed by atoms with E-state index in [1.165, 1.54) is 134 Å². The first kappa shape index (κ1) is 68.7. The van der Waals surface area contributed by atoms with Crippen LogP contribution < -0.4 is 28.4 Å². The van der Waals surface area contributed by atoms with Gasteiger partial charge in [0.05, 0.1) is 46.8 Å². The Morgan fingerprint density at radius 2 is 0.630 bits per heavy atom. The van der Waals surface area contributed by atoms with E-state index in [1.54, 1.807) is 164 Å². The molecule has 480 valence electrons. The van der Waals surface area contributed by atoms with Gasteiger partial charge in [-0.3, -0.25) is 9.98 Å². The molecule has 92 heavy (non-hydrogen) atoms. The van der Waals surface area contributed by atoms with E-state index in [4.69, 9.17) is 28.4 Å². The van der Waals surface area contributed by atoms with Gasteiger partial charge < -0.3 is 28.4 Å². The summed E-state index contributed by atoms with van der Waals surface area (Å²) in [4.78, 5) is 62.0. The van der Waals surface area contributed by atoms with Gasteiger partial charge in [-0.1, -0.05) is 204 Å². The summed E-state index contributed by atoms with van der Waals surface area (Å²) in [5.74, 6) is 0.548. The Bertz CT molecular complexity index is 3560. The van der Waals surface area contributed by atoms with Gasteiger partial charge in [0.1, 0.15) is 34.5 Å². The summed E-state index contributed by atoms with van der Waals surface area (Å²) in [6.07, 6.45) is 34.4. The molecule has 12 heteroatoms. The van der Waals surface area contributed by atoms with Gasteiger partial charge in [-0.25, -0.2) is 19.2 Å². The number of carbonyl (C=O) groups excluding carboxylic acids is 4. The maximum Gasteiger partial charge on any atom is 0.343 e. The van der Waals surface area contributed by atoms with Crippen molar-refractivity contribution in [2.45, 2.75) is 168 Å². The molecule has 0 amide bonds. The van der Waals surface area contributed by atoms with Gasteiger partial charge in [0.15, 0.2) is 0 Å². The number of rotatable bonds is 40. The molecule has 0 unspecified atom stereocenters. The highest BCUT2D eigenvalue weighted by Crippen LogP contribution is 2.33. The van der Waals surface area contributed by atoms with Crippen LogP contribution in [0.25, 0.3) is 10.8 Å². The Morgan fingerprint density at radius 1 is 0.315 bits per heavy atom. The lowest BCUT2D eigenvalue weighted by atomic mass is 10.1. The number of esters is 4. The third-order valence-electron chi connectivity index (χ3n) is 16.0. The number of aliphatic imine (C=N–C) groups is 2. The highest BCUT2D eigenvalue weighted by molar-refractivity contribution is 5.98. The molecule has 0 aliphatic carbocycles. The van der Waals surface area contributed by atoms with Crippen LogP contribution in [0, 0.1) is 0 Å². The van der Waals surface area contributed by atoms with E-state index >= 15 is 0 Å². The summed E-state index contributed by atoms with van der Waals surface area (Å²) < 4.78 is 34.9. The normalized spacial score (nSPS) is 11.3. The number of ether oxygens (including phenoxy) is 6. The van der Waals surface area contributed by atoms with Gasteiger partial charge in [0.2, 0.25) is 0 Å². The average Bonchev–Trinajstić information content (AvgIpc) is 1.25. The molecule has 0 bridgehead atoms.